The summed E-state index contributed by atoms with van der Waals surface area (Å²) in [7, 11) is 1.49. The van der Waals surface area contributed by atoms with E-state index in [1.54, 1.807) is 11.1 Å². The van der Waals surface area contributed by atoms with Gasteiger partial charge in [0.05, 0.1) is 30.6 Å². The Hall–Kier alpha value is -2.67. The third-order valence-corrected chi connectivity index (χ3v) is 5.43. The highest BCUT2D eigenvalue weighted by Crippen LogP contribution is 2.32. The van der Waals surface area contributed by atoms with E-state index in [1.807, 2.05) is 41.9 Å². The smallest absolute Gasteiger partial charge is 0.313 e. The molecule has 0 spiro atoms. The van der Waals surface area contributed by atoms with Crippen molar-refractivity contribution >= 4 is 11.9 Å². The van der Waals surface area contributed by atoms with Crippen LogP contribution < -0.4 is 0 Å². The highest BCUT2D eigenvalue weighted by Gasteiger charge is 2.44. The van der Waals surface area contributed by atoms with Gasteiger partial charge in [0.1, 0.15) is 5.41 Å². The average molecular weight is 385 g/mol. The van der Waals surface area contributed by atoms with Crippen molar-refractivity contribution in [2.24, 2.45) is 5.41 Å². The quantitative estimate of drug-likeness (QED) is 0.791. The van der Waals surface area contributed by atoms with Crippen molar-refractivity contribution in [1.82, 2.24) is 14.7 Å². The van der Waals surface area contributed by atoms with Gasteiger partial charge >= 0.3 is 5.97 Å². The fourth-order valence-electron chi connectivity index (χ4n) is 3.96. The van der Waals surface area contributed by atoms with Gasteiger partial charge in [-0.05, 0) is 24.8 Å². The van der Waals surface area contributed by atoms with E-state index in [1.165, 1.54) is 7.11 Å². The molecule has 7 heteroatoms. The lowest BCUT2D eigenvalue weighted by Gasteiger charge is -2.39. The first-order valence-electron chi connectivity index (χ1n) is 9.61. The highest BCUT2D eigenvalue weighted by molar-refractivity contribution is 5.95. The lowest BCUT2D eigenvalue weighted by Crippen LogP contribution is -2.52. The molecule has 150 valence electrons. The van der Waals surface area contributed by atoms with Gasteiger partial charge < -0.3 is 14.7 Å². The number of benzene rings is 1. The van der Waals surface area contributed by atoms with E-state index in [4.69, 9.17) is 4.74 Å². The van der Waals surface area contributed by atoms with Crippen LogP contribution in [-0.2, 0) is 22.5 Å². The van der Waals surface area contributed by atoms with Crippen LogP contribution in [0.1, 0.15) is 41.4 Å². The SMILES string of the molecule is CCc1c(C(=O)N2CCCC(COC)(C(=O)O)C2)cnn1Cc1ccccc1. The monoisotopic (exact) mass is 385 g/mol. The minimum Gasteiger partial charge on any atom is -0.481 e. The number of aliphatic carboxylic acids is 1. The number of ether oxygens (including phenoxy) is 1. The van der Waals surface area contributed by atoms with Crippen molar-refractivity contribution < 1.29 is 19.4 Å². The lowest BCUT2D eigenvalue weighted by atomic mass is 9.80. The Balaban J connectivity index is 1.83. The number of carbonyl (C=O) groups excluding carboxylic acids is 1. The van der Waals surface area contributed by atoms with Crippen LogP contribution in [0.4, 0.5) is 0 Å². The first kappa shape index (κ1) is 20.1. The number of likely N-dealkylation sites (tertiary alicyclic amines) is 1. The van der Waals surface area contributed by atoms with Crippen LogP contribution in [-0.4, -0.2) is 58.5 Å². The number of carboxylic acids is 1. The molecule has 1 atom stereocenters. The van der Waals surface area contributed by atoms with Crippen LogP contribution in [0.2, 0.25) is 0 Å². The number of carbonyl (C=O) groups is 2. The Morgan fingerprint density at radius 3 is 2.68 bits per heavy atom. The summed E-state index contributed by atoms with van der Waals surface area (Å²) in [4.78, 5) is 26.7. The Morgan fingerprint density at radius 1 is 1.29 bits per heavy atom. The maximum atomic E-state index is 13.2. The van der Waals surface area contributed by atoms with Crippen molar-refractivity contribution in [3.8, 4) is 0 Å². The molecule has 0 bridgehead atoms. The first-order chi connectivity index (χ1) is 13.5. The van der Waals surface area contributed by atoms with Gasteiger partial charge in [0.25, 0.3) is 5.91 Å². The molecule has 0 radical (unpaired) electrons. The van der Waals surface area contributed by atoms with Gasteiger partial charge in [-0.2, -0.15) is 5.10 Å². The van der Waals surface area contributed by atoms with Crippen LogP contribution in [0.25, 0.3) is 0 Å². The molecule has 1 saturated heterocycles. The van der Waals surface area contributed by atoms with Gasteiger partial charge in [-0.15, -0.1) is 0 Å². The normalized spacial score (nSPS) is 19.6. The second-order valence-electron chi connectivity index (χ2n) is 7.35. The summed E-state index contributed by atoms with van der Waals surface area (Å²) < 4.78 is 7.01. The van der Waals surface area contributed by atoms with E-state index in [0.29, 0.717) is 37.9 Å². The summed E-state index contributed by atoms with van der Waals surface area (Å²) >= 11 is 0. The van der Waals surface area contributed by atoms with E-state index in [9.17, 15) is 14.7 Å². The van der Waals surface area contributed by atoms with E-state index in [-0.39, 0.29) is 19.1 Å². The summed E-state index contributed by atoms with van der Waals surface area (Å²) in [5, 5.41) is 14.2. The molecule has 1 aliphatic rings. The number of methoxy groups -OCH3 is 1. The van der Waals surface area contributed by atoms with E-state index in [2.05, 4.69) is 5.10 Å². The fraction of sp³-hybridized carbons (Fsp3) is 0.476. The average Bonchev–Trinajstić information content (AvgIpc) is 3.11. The molecule has 1 unspecified atom stereocenters. The van der Waals surface area contributed by atoms with Crippen molar-refractivity contribution in [2.45, 2.75) is 32.7 Å². The van der Waals surface area contributed by atoms with Crippen LogP contribution in [0, 0.1) is 5.41 Å². The zero-order valence-electron chi connectivity index (χ0n) is 16.4. The molecule has 1 N–H and O–H groups in total. The molecule has 0 aliphatic carbocycles. The molecule has 1 aromatic carbocycles. The predicted octanol–water partition coefficient (Wildman–Crippen LogP) is 2.45. The summed E-state index contributed by atoms with van der Waals surface area (Å²) in [6.45, 7) is 3.39. The second kappa shape index (κ2) is 8.56. The Bertz CT molecular complexity index is 829. The largest absolute Gasteiger partial charge is 0.481 e. The molecule has 1 aromatic heterocycles. The number of nitrogens with zero attached hydrogens (tertiary/aromatic N) is 3. The number of carboxylic acid groups (broad SMARTS) is 1. The third kappa shape index (κ3) is 3.94. The Kier molecular flexibility index (Phi) is 6.14. The maximum absolute atomic E-state index is 13.2. The zero-order valence-corrected chi connectivity index (χ0v) is 16.4. The van der Waals surface area contributed by atoms with Crippen molar-refractivity contribution in [1.29, 1.82) is 0 Å². The van der Waals surface area contributed by atoms with Crippen molar-refractivity contribution in [3.05, 3.63) is 53.3 Å². The molecule has 2 aromatic rings. The molecule has 7 nitrogen and oxygen atoms in total. The second-order valence-corrected chi connectivity index (χ2v) is 7.35. The number of rotatable bonds is 7. The molecular weight excluding hydrogens is 358 g/mol. The Morgan fingerprint density at radius 2 is 2.04 bits per heavy atom. The molecule has 1 amide bonds. The molecule has 2 heterocycles. The van der Waals surface area contributed by atoms with Gasteiger partial charge in [0, 0.05) is 20.2 Å². The third-order valence-electron chi connectivity index (χ3n) is 5.43. The summed E-state index contributed by atoms with van der Waals surface area (Å²) in [5.74, 6) is -1.07. The molecule has 3 rings (SSSR count). The van der Waals surface area contributed by atoms with Gasteiger partial charge in [-0.3, -0.25) is 14.3 Å². The predicted molar refractivity (Wildman–Crippen MR) is 104 cm³/mol. The molecular formula is C21H27N3O4. The van der Waals surface area contributed by atoms with Crippen molar-refractivity contribution in [2.75, 3.05) is 26.8 Å². The van der Waals surface area contributed by atoms with Crippen LogP contribution in [0.15, 0.2) is 36.5 Å². The fourth-order valence-corrected chi connectivity index (χ4v) is 3.96. The van der Waals surface area contributed by atoms with E-state index >= 15 is 0 Å². The number of aromatic nitrogens is 2. The Labute approximate surface area is 164 Å². The van der Waals surface area contributed by atoms with Gasteiger partial charge in [0.2, 0.25) is 0 Å². The number of amides is 1. The summed E-state index contributed by atoms with van der Waals surface area (Å²) in [6.07, 6.45) is 3.43. The lowest BCUT2D eigenvalue weighted by molar-refractivity contribution is -0.155. The van der Waals surface area contributed by atoms with Gasteiger partial charge in [0.15, 0.2) is 0 Å². The minimum absolute atomic E-state index is 0.0972. The number of hydrogen-bond acceptors (Lipinski definition) is 4. The van der Waals surface area contributed by atoms with Crippen LogP contribution >= 0.6 is 0 Å². The van der Waals surface area contributed by atoms with Gasteiger partial charge in [-0.25, -0.2) is 0 Å². The summed E-state index contributed by atoms with van der Waals surface area (Å²) in [5.41, 5.74) is 1.49. The topological polar surface area (TPSA) is 84.7 Å². The molecule has 1 fully saturated rings. The first-order valence-corrected chi connectivity index (χ1v) is 9.61. The van der Waals surface area contributed by atoms with E-state index in [0.717, 1.165) is 11.3 Å². The summed E-state index contributed by atoms with van der Waals surface area (Å²) in [6, 6.07) is 9.98. The van der Waals surface area contributed by atoms with Crippen molar-refractivity contribution in [3.63, 3.8) is 0 Å². The minimum atomic E-state index is -1.05. The number of hydrogen-bond donors (Lipinski definition) is 1. The van der Waals surface area contributed by atoms with Gasteiger partial charge in [-0.1, -0.05) is 37.3 Å². The standard InChI is InChI=1S/C21H27N3O4/c1-3-18-17(12-22-24(18)13-16-8-5-4-6-9-16)19(25)23-11-7-10-21(14-23,15-28-2)20(26)27/h4-6,8-9,12H,3,7,10-11,13-15H2,1-2H3,(H,26,27). The highest BCUT2D eigenvalue weighted by atomic mass is 16.5. The van der Waals surface area contributed by atoms with E-state index < -0.39 is 11.4 Å². The molecule has 0 saturated carbocycles. The molecule has 1 aliphatic heterocycles. The maximum Gasteiger partial charge on any atom is 0.313 e. The van der Waals surface area contributed by atoms with Crippen LogP contribution in [0.3, 0.4) is 0 Å². The molecule has 28 heavy (non-hydrogen) atoms. The van der Waals surface area contributed by atoms with Crippen LogP contribution in [0.5, 0.6) is 0 Å². The number of piperidine rings is 1. The zero-order chi connectivity index (χ0) is 20.1.